The zero-order valence-corrected chi connectivity index (χ0v) is 16.8. The van der Waals surface area contributed by atoms with Gasteiger partial charge in [-0.3, -0.25) is 4.79 Å². The fourth-order valence-electron chi connectivity index (χ4n) is 2.96. The molecule has 0 fully saturated rings. The Labute approximate surface area is 169 Å². The summed E-state index contributed by atoms with van der Waals surface area (Å²) in [6.45, 7) is 3.97. The highest BCUT2D eigenvalue weighted by Crippen LogP contribution is 2.25. The van der Waals surface area contributed by atoms with Crippen LogP contribution in [0.4, 0.5) is 0 Å². The van der Waals surface area contributed by atoms with Crippen LogP contribution in [0.25, 0.3) is 22.8 Å². The maximum Gasteiger partial charge on any atom is 0.240 e. The SMILES string of the molecule is COc1cccc(-c2nc(-c3ccc(CC=O)cc3)cn2CC(=O)NC(C)C)n1. The van der Waals surface area contributed by atoms with Gasteiger partial charge in [-0.25, -0.2) is 9.97 Å². The molecule has 0 saturated carbocycles. The zero-order valence-electron chi connectivity index (χ0n) is 16.8. The molecule has 0 bridgehead atoms. The minimum atomic E-state index is -0.102. The van der Waals surface area contributed by atoms with Crippen LogP contribution < -0.4 is 10.1 Å². The van der Waals surface area contributed by atoms with Gasteiger partial charge in [0.1, 0.15) is 18.5 Å². The van der Waals surface area contributed by atoms with E-state index in [2.05, 4.69) is 10.3 Å². The average Bonchev–Trinajstić information content (AvgIpc) is 3.12. The van der Waals surface area contributed by atoms with Gasteiger partial charge in [0.05, 0.1) is 12.8 Å². The third-order valence-electron chi connectivity index (χ3n) is 4.27. The van der Waals surface area contributed by atoms with Crippen molar-refractivity contribution in [2.45, 2.75) is 32.9 Å². The quantitative estimate of drug-likeness (QED) is 0.596. The van der Waals surface area contributed by atoms with Crippen LogP contribution >= 0.6 is 0 Å². The van der Waals surface area contributed by atoms with Crippen LogP contribution in [0.3, 0.4) is 0 Å². The number of amides is 1. The van der Waals surface area contributed by atoms with Gasteiger partial charge in [0, 0.05) is 30.3 Å². The number of carbonyl (C=O) groups is 2. The summed E-state index contributed by atoms with van der Waals surface area (Å²) in [5.74, 6) is 0.952. The fraction of sp³-hybridized carbons (Fsp3) is 0.273. The number of nitrogens with zero attached hydrogens (tertiary/aromatic N) is 3. The molecule has 3 aromatic rings. The number of benzene rings is 1. The van der Waals surface area contributed by atoms with Crippen molar-refractivity contribution in [1.82, 2.24) is 19.9 Å². The Morgan fingerprint density at radius 2 is 1.90 bits per heavy atom. The number of aromatic nitrogens is 3. The van der Waals surface area contributed by atoms with Gasteiger partial charge < -0.3 is 19.4 Å². The molecule has 0 spiro atoms. The lowest BCUT2D eigenvalue weighted by Gasteiger charge is -2.11. The van der Waals surface area contributed by atoms with E-state index < -0.39 is 0 Å². The first-order chi connectivity index (χ1) is 14.0. The number of carbonyl (C=O) groups excluding carboxylic acids is 2. The van der Waals surface area contributed by atoms with Crippen LogP contribution in [-0.4, -0.2) is 39.9 Å². The third-order valence-corrected chi connectivity index (χ3v) is 4.27. The van der Waals surface area contributed by atoms with Crippen molar-refractivity contribution < 1.29 is 14.3 Å². The van der Waals surface area contributed by atoms with Crippen molar-refractivity contribution in [2.75, 3.05) is 7.11 Å². The normalized spacial score (nSPS) is 10.8. The van der Waals surface area contributed by atoms with Crippen LogP contribution in [0.5, 0.6) is 5.88 Å². The molecule has 0 saturated heterocycles. The largest absolute Gasteiger partial charge is 0.481 e. The molecule has 0 aliphatic carbocycles. The number of hydrogen-bond acceptors (Lipinski definition) is 5. The highest BCUT2D eigenvalue weighted by molar-refractivity contribution is 5.77. The lowest BCUT2D eigenvalue weighted by atomic mass is 10.1. The van der Waals surface area contributed by atoms with Gasteiger partial charge in [-0.05, 0) is 25.5 Å². The maximum atomic E-state index is 12.4. The van der Waals surface area contributed by atoms with Crippen molar-refractivity contribution >= 4 is 12.2 Å². The van der Waals surface area contributed by atoms with E-state index >= 15 is 0 Å². The topological polar surface area (TPSA) is 86.1 Å². The van der Waals surface area contributed by atoms with Gasteiger partial charge in [-0.1, -0.05) is 30.3 Å². The van der Waals surface area contributed by atoms with Crippen LogP contribution in [-0.2, 0) is 22.6 Å². The Bertz CT molecular complexity index is 994. The number of rotatable bonds is 8. The third kappa shape index (κ3) is 5.07. The van der Waals surface area contributed by atoms with Gasteiger partial charge in [0.25, 0.3) is 0 Å². The van der Waals surface area contributed by atoms with E-state index in [1.165, 1.54) is 0 Å². The van der Waals surface area contributed by atoms with Crippen molar-refractivity contribution in [3.8, 4) is 28.7 Å². The molecule has 29 heavy (non-hydrogen) atoms. The van der Waals surface area contributed by atoms with E-state index in [9.17, 15) is 9.59 Å². The highest BCUT2D eigenvalue weighted by Gasteiger charge is 2.16. The summed E-state index contributed by atoms with van der Waals surface area (Å²) in [4.78, 5) is 32.2. The summed E-state index contributed by atoms with van der Waals surface area (Å²) in [6, 6.07) is 13.1. The monoisotopic (exact) mass is 392 g/mol. The second-order valence-corrected chi connectivity index (χ2v) is 6.93. The number of pyridine rings is 1. The molecule has 0 aliphatic rings. The molecule has 1 amide bonds. The molecule has 2 heterocycles. The number of hydrogen-bond donors (Lipinski definition) is 1. The predicted octanol–water partition coefficient (Wildman–Crippen LogP) is 2.89. The Kier molecular flexibility index (Phi) is 6.39. The van der Waals surface area contributed by atoms with Crippen LogP contribution in [0.15, 0.2) is 48.7 Å². The van der Waals surface area contributed by atoms with Crippen LogP contribution in [0, 0.1) is 0 Å². The molecule has 3 rings (SSSR count). The summed E-state index contributed by atoms with van der Waals surface area (Å²) in [5.41, 5.74) is 3.17. The van der Waals surface area contributed by atoms with E-state index in [0.717, 1.165) is 23.1 Å². The average molecular weight is 392 g/mol. The van der Waals surface area contributed by atoms with E-state index in [-0.39, 0.29) is 18.5 Å². The minimum absolute atomic E-state index is 0.0502. The Hall–Kier alpha value is -3.48. The molecule has 0 radical (unpaired) electrons. The molecular formula is C22H24N4O3. The second-order valence-electron chi connectivity index (χ2n) is 6.93. The van der Waals surface area contributed by atoms with Crippen molar-refractivity contribution in [2.24, 2.45) is 0 Å². The summed E-state index contributed by atoms with van der Waals surface area (Å²) in [5, 5.41) is 2.90. The molecule has 1 aromatic carbocycles. The molecule has 0 aliphatic heterocycles. The van der Waals surface area contributed by atoms with Gasteiger partial charge in [-0.2, -0.15) is 0 Å². The van der Waals surface area contributed by atoms with E-state index in [0.29, 0.717) is 23.8 Å². The number of nitrogens with one attached hydrogen (secondary N) is 1. The molecule has 7 nitrogen and oxygen atoms in total. The van der Waals surface area contributed by atoms with Gasteiger partial charge in [-0.15, -0.1) is 0 Å². The summed E-state index contributed by atoms with van der Waals surface area (Å²) in [6.07, 6.45) is 3.10. The first-order valence-electron chi connectivity index (χ1n) is 9.41. The number of imidazole rings is 1. The molecule has 7 heteroatoms. The van der Waals surface area contributed by atoms with E-state index in [4.69, 9.17) is 9.72 Å². The molecule has 0 atom stereocenters. The maximum absolute atomic E-state index is 12.4. The van der Waals surface area contributed by atoms with Gasteiger partial charge in [0.2, 0.25) is 11.8 Å². The molecule has 0 unspecified atom stereocenters. The number of ether oxygens (including phenoxy) is 1. The fourth-order valence-corrected chi connectivity index (χ4v) is 2.96. The first-order valence-corrected chi connectivity index (χ1v) is 9.41. The summed E-state index contributed by atoms with van der Waals surface area (Å²) >= 11 is 0. The predicted molar refractivity (Wildman–Crippen MR) is 110 cm³/mol. The van der Waals surface area contributed by atoms with E-state index in [1.54, 1.807) is 17.7 Å². The van der Waals surface area contributed by atoms with Crippen molar-refractivity contribution in [3.63, 3.8) is 0 Å². The highest BCUT2D eigenvalue weighted by atomic mass is 16.5. The summed E-state index contributed by atoms with van der Waals surface area (Å²) in [7, 11) is 1.56. The lowest BCUT2D eigenvalue weighted by molar-refractivity contribution is -0.122. The lowest BCUT2D eigenvalue weighted by Crippen LogP contribution is -2.33. The second kappa shape index (κ2) is 9.14. The molecule has 1 N–H and O–H groups in total. The van der Waals surface area contributed by atoms with Crippen molar-refractivity contribution in [1.29, 1.82) is 0 Å². The number of aldehydes is 1. The van der Waals surface area contributed by atoms with Crippen LogP contribution in [0.1, 0.15) is 19.4 Å². The standard InChI is InChI=1S/C22H24N4O3/c1-15(2)23-20(28)14-26-13-19(17-9-7-16(8-10-17)11-12-27)25-22(26)18-5-4-6-21(24-18)29-3/h4-10,12-13,15H,11,14H2,1-3H3,(H,23,28). The van der Waals surface area contributed by atoms with Gasteiger partial charge >= 0.3 is 0 Å². The van der Waals surface area contributed by atoms with Crippen LogP contribution in [0.2, 0.25) is 0 Å². The van der Waals surface area contributed by atoms with E-state index in [1.807, 2.05) is 56.4 Å². The Morgan fingerprint density at radius 3 is 2.55 bits per heavy atom. The first kappa shape index (κ1) is 20.3. The molecular weight excluding hydrogens is 368 g/mol. The van der Waals surface area contributed by atoms with Gasteiger partial charge in [0.15, 0.2) is 5.82 Å². The smallest absolute Gasteiger partial charge is 0.240 e. The summed E-state index contributed by atoms with van der Waals surface area (Å²) < 4.78 is 7.01. The zero-order chi connectivity index (χ0) is 20.8. The minimum Gasteiger partial charge on any atom is -0.481 e. The Balaban J connectivity index is 2.00. The number of methoxy groups -OCH3 is 1. The Morgan fingerprint density at radius 1 is 1.14 bits per heavy atom. The molecule has 150 valence electrons. The van der Waals surface area contributed by atoms with Crippen molar-refractivity contribution in [3.05, 3.63) is 54.2 Å². The molecule has 2 aromatic heterocycles.